The number of ketones is 1. The van der Waals surface area contributed by atoms with Crippen LogP contribution in [0.15, 0.2) is 29.9 Å². The third kappa shape index (κ3) is 3.61. The molecular formula is C16H17N3OS. The minimum absolute atomic E-state index is 0.213. The number of carbonyl (C=O) groups is 1. The summed E-state index contributed by atoms with van der Waals surface area (Å²) in [6.45, 7) is 0. The van der Waals surface area contributed by atoms with Crippen LogP contribution in [0.5, 0.6) is 0 Å². The van der Waals surface area contributed by atoms with Crippen molar-refractivity contribution in [3.05, 3.63) is 35.6 Å². The third-order valence-corrected chi connectivity index (χ3v) is 4.56. The Balaban J connectivity index is 1.66. The normalized spacial score (nSPS) is 16.4. The van der Waals surface area contributed by atoms with Crippen LogP contribution < -0.4 is 0 Å². The summed E-state index contributed by atoms with van der Waals surface area (Å²) < 4.78 is 0. The van der Waals surface area contributed by atoms with Crippen LogP contribution in [0.3, 0.4) is 0 Å². The predicted molar refractivity (Wildman–Crippen MR) is 83.8 cm³/mol. The van der Waals surface area contributed by atoms with Crippen LogP contribution >= 0.6 is 11.3 Å². The van der Waals surface area contributed by atoms with E-state index in [1.807, 2.05) is 5.38 Å². The first kappa shape index (κ1) is 14.1. The zero-order valence-electron chi connectivity index (χ0n) is 11.7. The van der Waals surface area contributed by atoms with Crippen LogP contribution in [0.2, 0.25) is 0 Å². The standard InChI is InChI=1S/C16H17N3OS/c20-14(12-5-2-1-3-6-12)8-7-13-11-21-16(19-13)15-17-9-4-10-18-15/h4,7-12H,1-3,5-6H2/b8-7-. The molecule has 21 heavy (non-hydrogen) atoms. The van der Waals surface area contributed by atoms with Gasteiger partial charge in [0, 0.05) is 23.7 Å². The Labute approximate surface area is 128 Å². The number of nitrogens with zero attached hydrogens (tertiary/aromatic N) is 3. The molecule has 1 saturated carbocycles. The maximum absolute atomic E-state index is 12.1. The maximum Gasteiger partial charge on any atom is 0.188 e. The van der Waals surface area contributed by atoms with Crippen LogP contribution in [-0.2, 0) is 4.79 Å². The van der Waals surface area contributed by atoms with Gasteiger partial charge in [-0.2, -0.15) is 0 Å². The summed E-state index contributed by atoms with van der Waals surface area (Å²) in [7, 11) is 0. The van der Waals surface area contributed by atoms with Gasteiger partial charge in [0.25, 0.3) is 0 Å². The topological polar surface area (TPSA) is 55.7 Å². The van der Waals surface area contributed by atoms with Crippen molar-refractivity contribution in [2.45, 2.75) is 32.1 Å². The summed E-state index contributed by atoms with van der Waals surface area (Å²) in [6.07, 6.45) is 12.6. The first-order valence-electron chi connectivity index (χ1n) is 7.28. The highest BCUT2D eigenvalue weighted by Gasteiger charge is 2.18. The van der Waals surface area contributed by atoms with Crippen LogP contribution in [-0.4, -0.2) is 20.7 Å². The highest BCUT2D eigenvalue weighted by atomic mass is 32.1. The summed E-state index contributed by atoms with van der Waals surface area (Å²) in [6, 6.07) is 1.78. The van der Waals surface area contributed by atoms with Gasteiger partial charge in [-0.3, -0.25) is 4.79 Å². The molecule has 0 unspecified atom stereocenters. The third-order valence-electron chi connectivity index (χ3n) is 3.70. The number of aromatic nitrogens is 3. The van der Waals surface area contributed by atoms with Crippen molar-refractivity contribution in [3.8, 4) is 10.8 Å². The minimum Gasteiger partial charge on any atom is -0.295 e. The van der Waals surface area contributed by atoms with Crippen molar-refractivity contribution in [1.29, 1.82) is 0 Å². The highest BCUT2D eigenvalue weighted by Crippen LogP contribution is 2.25. The van der Waals surface area contributed by atoms with Gasteiger partial charge >= 0.3 is 0 Å². The number of hydrogen-bond acceptors (Lipinski definition) is 5. The average Bonchev–Trinajstić information content (AvgIpc) is 3.03. The fourth-order valence-corrected chi connectivity index (χ4v) is 3.30. The van der Waals surface area contributed by atoms with E-state index in [-0.39, 0.29) is 11.7 Å². The van der Waals surface area contributed by atoms with E-state index < -0.39 is 0 Å². The molecule has 3 rings (SSSR count). The largest absolute Gasteiger partial charge is 0.295 e. The fraction of sp³-hybridized carbons (Fsp3) is 0.375. The van der Waals surface area contributed by atoms with Crippen LogP contribution in [0.1, 0.15) is 37.8 Å². The van der Waals surface area contributed by atoms with Gasteiger partial charge in [0.15, 0.2) is 16.6 Å². The van der Waals surface area contributed by atoms with Gasteiger partial charge in [0.05, 0.1) is 5.69 Å². The second-order valence-electron chi connectivity index (χ2n) is 5.22. The lowest BCUT2D eigenvalue weighted by atomic mass is 9.86. The molecule has 2 heterocycles. The SMILES string of the molecule is O=C(/C=C\c1csc(-c2ncccn2)n1)C1CCCCC1. The van der Waals surface area contributed by atoms with Crippen molar-refractivity contribution in [1.82, 2.24) is 15.0 Å². The van der Waals surface area contributed by atoms with Gasteiger partial charge in [0.2, 0.25) is 0 Å². The van der Waals surface area contributed by atoms with E-state index in [0.717, 1.165) is 23.5 Å². The Hall–Kier alpha value is -1.88. The Kier molecular flexibility index (Phi) is 4.50. The first-order valence-corrected chi connectivity index (χ1v) is 8.16. The van der Waals surface area contributed by atoms with Gasteiger partial charge in [-0.05, 0) is 31.1 Å². The zero-order chi connectivity index (χ0) is 14.5. The quantitative estimate of drug-likeness (QED) is 0.807. The molecule has 0 bridgehead atoms. The van der Waals surface area contributed by atoms with Gasteiger partial charge < -0.3 is 0 Å². The Morgan fingerprint density at radius 1 is 1.19 bits per heavy atom. The molecule has 0 aliphatic heterocycles. The predicted octanol–water partition coefficient (Wildman–Crippen LogP) is 3.76. The molecule has 0 N–H and O–H groups in total. The van der Waals surface area contributed by atoms with Crippen molar-refractivity contribution >= 4 is 23.2 Å². The van der Waals surface area contributed by atoms with Crippen molar-refractivity contribution in [2.75, 3.05) is 0 Å². The van der Waals surface area contributed by atoms with Crippen molar-refractivity contribution < 1.29 is 4.79 Å². The van der Waals surface area contributed by atoms with E-state index in [2.05, 4.69) is 15.0 Å². The minimum atomic E-state index is 0.213. The molecule has 0 spiro atoms. The van der Waals surface area contributed by atoms with E-state index in [1.165, 1.54) is 30.6 Å². The van der Waals surface area contributed by atoms with E-state index in [1.54, 1.807) is 30.6 Å². The average molecular weight is 299 g/mol. The highest BCUT2D eigenvalue weighted by molar-refractivity contribution is 7.13. The second-order valence-corrected chi connectivity index (χ2v) is 6.08. The Morgan fingerprint density at radius 2 is 1.95 bits per heavy atom. The molecule has 2 aromatic rings. The first-order chi connectivity index (χ1) is 10.3. The molecule has 1 aliphatic rings. The van der Waals surface area contributed by atoms with E-state index in [4.69, 9.17) is 0 Å². The number of allylic oxidation sites excluding steroid dienone is 1. The lowest BCUT2D eigenvalue weighted by Gasteiger charge is -2.18. The lowest BCUT2D eigenvalue weighted by Crippen LogP contribution is -2.15. The van der Waals surface area contributed by atoms with Crippen LogP contribution in [0.4, 0.5) is 0 Å². The molecule has 0 saturated heterocycles. The number of thiazole rings is 1. The molecule has 0 amide bonds. The number of carbonyl (C=O) groups excluding carboxylic acids is 1. The molecule has 5 heteroatoms. The Bertz CT molecular complexity index is 630. The molecule has 0 atom stereocenters. The van der Waals surface area contributed by atoms with E-state index in [0.29, 0.717) is 5.82 Å². The smallest absolute Gasteiger partial charge is 0.188 e. The zero-order valence-corrected chi connectivity index (χ0v) is 12.6. The lowest BCUT2D eigenvalue weighted by molar-refractivity contribution is -0.119. The molecular weight excluding hydrogens is 282 g/mol. The number of hydrogen-bond donors (Lipinski definition) is 0. The fourth-order valence-electron chi connectivity index (χ4n) is 2.57. The van der Waals surface area contributed by atoms with Gasteiger partial charge in [-0.25, -0.2) is 15.0 Å². The second kappa shape index (κ2) is 6.72. The molecule has 4 nitrogen and oxygen atoms in total. The van der Waals surface area contributed by atoms with E-state index in [9.17, 15) is 4.79 Å². The Morgan fingerprint density at radius 3 is 2.71 bits per heavy atom. The van der Waals surface area contributed by atoms with Crippen molar-refractivity contribution in [2.24, 2.45) is 5.92 Å². The van der Waals surface area contributed by atoms with E-state index >= 15 is 0 Å². The molecule has 2 aromatic heterocycles. The van der Waals surface area contributed by atoms with Gasteiger partial charge in [-0.1, -0.05) is 19.3 Å². The summed E-state index contributed by atoms with van der Waals surface area (Å²) in [4.78, 5) is 24.9. The molecule has 0 radical (unpaired) electrons. The maximum atomic E-state index is 12.1. The van der Waals surface area contributed by atoms with Crippen LogP contribution in [0.25, 0.3) is 16.9 Å². The monoisotopic (exact) mass is 299 g/mol. The number of rotatable bonds is 4. The summed E-state index contributed by atoms with van der Waals surface area (Å²) in [5, 5.41) is 2.71. The van der Waals surface area contributed by atoms with Crippen LogP contribution in [0, 0.1) is 5.92 Å². The van der Waals surface area contributed by atoms with Gasteiger partial charge in [0.1, 0.15) is 0 Å². The summed E-state index contributed by atoms with van der Waals surface area (Å²) >= 11 is 1.49. The van der Waals surface area contributed by atoms with Crippen molar-refractivity contribution in [3.63, 3.8) is 0 Å². The molecule has 1 aliphatic carbocycles. The molecule has 1 fully saturated rings. The van der Waals surface area contributed by atoms with Gasteiger partial charge in [-0.15, -0.1) is 11.3 Å². The summed E-state index contributed by atoms with van der Waals surface area (Å²) in [5.41, 5.74) is 0.798. The summed E-state index contributed by atoms with van der Waals surface area (Å²) in [5.74, 6) is 1.08. The molecule has 0 aromatic carbocycles. The molecule has 108 valence electrons.